The number of sulfone groups is 1. The van der Waals surface area contributed by atoms with Crippen molar-refractivity contribution in [2.75, 3.05) is 30.8 Å². The average Bonchev–Trinajstić information content (AvgIpc) is 2.73. The summed E-state index contributed by atoms with van der Waals surface area (Å²) in [6.07, 6.45) is 0.679. The first-order chi connectivity index (χ1) is 14.7. The molecular formula is C20H27N3O6S2. The van der Waals surface area contributed by atoms with Crippen molar-refractivity contribution in [3.05, 3.63) is 18.2 Å². The predicted molar refractivity (Wildman–Crippen MR) is 117 cm³/mol. The summed E-state index contributed by atoms with van der Waals surface area (Å²) in [6, 6.07) is 4.54. The Morgan fingerprint density at radius 3 is 2.68 bits per heavy atom. The van der Waals surface area contributed by atoms with Gasteiger partial charge >= 0.3 is 6.09 Å². The van der Waals surface area contributed by atoms with Crippen LogP contribution in [0.25, 0.3) is 0 Å². The zero-order valence-electron chi connectivity index (χ0n) is 17.5. The molecule has 11 heteroatoms. The monoisotopic (exact) mass is 469 g/mol. The zero-order valence-corrected chi connectivity index (χ0v) is 19.2. The second-order valence-corrected chi connectivity index (χ2v) is 11.0. The number of hydrogen-bond acceptors (Lipinski definition) is 7. The molecule has 1 aromatic rings. The third-order valence-electron chi connectivity index (χ3n) is 5.22. The number of likely N-dealkylation sites (tertiary alicyclic amines) is 1. The van der Waals surface area contributed by atoms with E-state index in [1.54, 1.807) is 24.8 Å². The first-order valence-corrected chi connectivity index (χ1v) is 12.8. The van der Waals surface area contributed by atoms with Crippen LogP contribution in [0.15, 0.2) is 28.0 Å². The van der Waals surface area contributed by atoms with Crippen molar-refractivity contribution >= 4 is 45.2 Å². The molecule has 0 unspecified atom stereocenters. The SMILES string of the molecule is CCOC(=O)N1CCC(NC(=O)CCS(=O)(=O)c2ccc3c(c2)NC(=O)[C@H](C)S3)CC1. The Kier molecular flexibility index (Phi) is 7.47. The number of carbonyl (C=O) groups excluding carboxylic acids is 3. The van der Waals surface area contributed by atoms with Gasteiger partial charge in [0.25, 0.3) is 0 Å². The Morgan fingerprint density at radius 1 is 1.29 bits per heavy atom. The molecule has 0 spiro atoms. The first kappa shape index (κ1) is 23.4. The molecule has 3 rings (SSSR count). The Morgan fingerprint density at radius 2 is 2.00 bits per heavy atom. The van der Waals surface area contributed by atoms with Gasteiger partial charge in [-0.2, -0.15) is 0 Å². The highest BCUT2D eigenvalue weighted by Gasteiger charge is 2.27. The molecule has 1 atom stereocenters. The Bertz CT molecular complexity index is 958. The molecule has 0 aliphatic carbocycles. The standard InChI is InChI=1S/C20H27N3O6S2/c1-3-29-20(26)23-9-6-14(7-10-23)21-18(24)8-11-31(27,28)15-4-5-17-16(12-15)22-19(25)13(2)30-17/h4-5,12-14H,3,6-11H2,1-2H3,(H,21,24)(H,22,25)/t13-/m0/s1. The predicted octanol–water partition coefficient (Wildman–Crippen LogP) is 2.02. The minimum absolute atomic E-state index is 0.0808. The van der Waals surface area contributed by atoms with Gasteiger partial charge in [-0.25, -0.2) is 13.2 Å². The van der Waals surface area contributed by atoms with E-state index in [2.05, 4.69) is 10.6 Å². The number of nitrogens with zero attached hydrogens (tertiary/aromatic N) is 1. The first-order valence-electron chi connectivity index (χ1n) is 10.2. The van der Waals surface area contributed by atoms with Crippen molar-refractivity contribution in [3.8, 4) is 0 Å². The third kappa shape index (κ3) is 5.91. The second-order valence-electron chi connectivity index (χ2n) is 7.50. The summed E-state index contributed by atoms with van der Waals surface area (Å²) in [6.45, 7) is 4.82. The van der Waals surface area contributed by atoms with Crippen LogP contribution in [0.5, 0.6) is 0 Å². The topological polar surface area (TPSA) is 122 Å². The molecule has 0 bridgehead atoms. The van der Waals surface area contributed by atoms with Crippen molar-refractivity contribution in [1.82, 2.24) is 10.2 Å². The summed E-state index contributed by atoms with van der Waals surface area (Å²) in [5.41, 5.74) is 0.479. The van der Waals surface area contributed by atoms with Crippen LogP contribution in [0.2, 0.25) is 0 Å². The number of nitrogens with one attached hydrogen (secondary N) is 2. The molecule has 170 valence electrons. The molecule has 2 N–H and O–H groups in total. The highest BCUT2D eigenvalue weighted by molar-refractivity contribution is 8.01. The van der Waals surface area contributed by atoms with Gasteiger partial charge in [-0.15, -0.1) is 11.8 Å². The van der Waals surface area contributed by atoms with Crippen LogP contribution in [-0.4, -0.2) is 68.0 Å². The number of piperidine rings is 1. The Balaban J connectivity index is 1.51. The molecule has 2 aliphatic heterocycles. The summed E-state index contributed by atoms with van der Waals surface area (Å²) in [5, 5.41) is 5.34. The highest BCUT2D eigenvalue weighted by Crippen LogP contribution is 2.36. The number of rotatable bonds is 6. The third-order valence-corrected chi connectivity index (χ3v) is 8.12. The van der Waals surface area contributed by atoms with Crippen LogP contribution < -0.4 is 10.6 Å². The van der Waals surface area contributed by atoms with Gasteiger partial charge in [-0.3, -0.25) is 9.59 Å². The highest BCUT2D eigenvalue weighted by atomic mass is 32.2. The smallest absolute Gasteiger partial charge is 0.409 e. The van der Waals surface area contributed by atoms with Gasteiger partial charge in [0.05, 0.1) is 28.2 Å². The maximum absolute atomic E-state index is 12.7. The molecule has 31 heavy (non-hydrogen) atoms. The summed E-state index contributed by atoms with van der Waals surface area (Å²) in [4.78, 5) is 38.4. The molecular weight excluding hydrogens is 442 g/mol. The molecule has 0 radical (unpaired) electrons. The van der Waals surface area contributed by atoms with Crippen molar-refractivity contribution in [1.29, 1.82) is 0 Å². The summed E-state index contributed by atoms with van der Waals surface area (Å²) in [5.74, 6) is -0.828. The van der Waals surface area contributed by atoms with Gasteiger partial charge in [0.1, 0.15) is 0 Å². The fourth-order valence-corrected chi connectivity index (χ4v) is 5.64. The van der Waals surface area contributed by atoms with E-state index < -0.39 is 9.84 Å². The van der Waals surface area contributed by atoms with Gasteiger partial charge in [0.15, 0.2) is 9.84 Å². The number of thioether (sulfide) groups is 1. The zero-order chi connectivity index (χ0) is 22.6. The van der Waals surface area contributed by atoms with E-state index in [-0.39, 0.29) is 46.3 Å². The lowest BCUT2D eigenvalue weighted by atomic mass is 10.1. The number of hydrogen-bond donors (Lipinski definition) is 2. The second kappa shape index (κ2) is 9.90. The van der Waals surface area contributed by atoms with Crippen LogP contribution >= 0.6 is 11.8 Å². The maximum atomic E-state index is 12.7. The van der Waals surface area contributed by atoms with Gasteiger partial charge in [-0.05, 0) is 44.9 Å². The number of ether oxygens (including phenoxy) is 1. The number of anilines is 1. The lowest BCUT2D eigenvalue weighted by Crippen LogP contribution is -2.46. The van der Waals surface area contributed by atoms with Crippen LogP contribution in [0.4, 0.5) is 10.5 Å². The minimum atomic E-state index is -3.68. The van der Waals surface area contributed by atoms with Crippen molar-refractivity contribution < 1.29 is 27.5 Å². The molecule has 1 fully saturated rings. The van der Waals surface area contributed by atoms with Crippen LogP contribution in [-0.2, 0) is 24.2 Å². The number of carbonyl (C=O) groups is 3. The summed E-state index contributed by atoms with van der Waals surface area (Å²) >= 11 is 1.38. The largest absolute Gasteiger partial charge is 0.450 e. The minimum Gasteiger partial charge on any atom is -0.450 e. The van der Waals surface area contributed by atoms with E-state index in [1.165, 1.54) is 23.9 Å². The molecule has 1 saturated heterocycles. The van der Waals surface area contributed by atoms with Crippen LogP contribution in [0.3, 0.4) is 0 Å². The van der Waals surface area contributed by atoms with Gasteiger partial charge in [0, 0.05) is 30.4 Å². The fraction of sp³-hybridized carbons (Fsp3) is 0.550. The maximum Gasteiger partial charge on any atom is 0.409 e. The molecule has 1 aromatic carbocycles. The lowest BCUT2D eigenvalue weighted by Gasteiger charge is -2.31. The van der Waals surface area contributed by atoms with Crippen molar-refractivity contribution in [2.24, 2.45) is 0 Å². The Labute approximate surface area is 186 Å². The van der Waals surface area contributed by atoms with E-state index in [9.17, 15) is 22.8 Å². The summed E-state index contributed by atoms with van der Waals surface area (Å²) < 4.78 is 30.3. The van der Waals surface area contributed by atoms with E-state index >= 15 is 0 Å². The van der Waals surface area contributed by atoms with Gasteiger partial charge < -0.3 is 20.3 Å². The van der Waals surface area contributed by atoms with E-state index in [1.807, 2.05) is 0 Å². The average molecular weight is 470 g/mol. The molecule has 0 aromatic heterocycles. The van der Waals surface area contributed by atoms with Crippen molar-refractivity contribution in [3.63, 3.8) is 0 Å². The normalized spacial score (nSPS) is 19.4. The number of benzene rings is 1. The van der Waals surface area contributed by atoms with E-state index in [0.29, 0.717) is 38.2 Å². The molecule has 0 saturated carbocycles. The van der Waals surface area contributed by atoms with E-state index in [4.69, 9.17) is 4.74 Å². The molecule has 9 nitrogen and oxygen atoms in total. The Hall–Kier alpha value is -2.27. The lowest BCUT2D eigenvalue weighted by molar-refractivity contribution is -0.121. The van der Waals surface area contributed by atoms with Gasteiger partial charge in [0.2, 0.25) is 11.8 Å². The quantitative estimate of drug-likeness (QED) is 0.654. The van der Waals surface area contributed by atoms with Crippen LogP contribution in [0.1, 0.15) is 33.1 Å². The van der Waals surface area contributed by atoms with Crippen molar-refractivity contribution in [2.45, 2.75) is 54.2 Å². The molecule has 2 heterocycles. The summed E-state index contributed by atoms with van der Waals surface area (Å²) in [7, 11) is -3.68. The van der Waals surface area contributed by atoms with Gasteiger partial charge in [-0.1, -0.05) is 0 Å². The molecule has 3 amide bonds. The van der Waals surface area contributed by atoms with E-state index in [0.717, 1.165) is 4.90 Å². The number of fused-ring (bicyclic) bond motifs is 1. The number of amides is 3. The van der Waals surface area contributed by atoms with Crippen LogP contribution in [0, 0.1) is 0 Å². The fourth-order valence-electron chi connectivity index (χ4n) is 3.45. The molecule has 2 aliphatic rings.